The Morgan fingerprint density at radius 3 is 2.62 bits per heavy atom. The van der Waals surface area contributed by atoms with E-state index in [0.29, 0.717) is 18.9 Å². The molecule has 0 radical (unpaired) electrons. The van der Waals surface area contributed by atoms with Crippen LogP contribution in [0.4, 0.5) is 10.6 Å². The second-order valence-electron chi connectivity index (χ2n) is 5.91. The molecule has 21 heavy (non-hydrogen) atoms. The summed E-state index contributed by atoms with van der Waals surface area (Å²) in [6.45, 7) is 6.16. The fourth-order valence-corrected chi connectivity index (χ4v) is 1.78. The van der Waals surface area contributed by atoms with Gasteiger partial charge >= 0.3 is 6.09 Å². The lowest BCUT2D eigenvalue weighted by Crippen LogP contribution is -2.57. The molecule has 2 rings (SSSR count). The van der Waals surface area contributed by atoms with Gasteiger partial charge in [0.15, 0.2) is 0 Å². The molecule has 0 spiro atoms. The summed E-state index contributed by atoms with van der Waals surface area (Å²) in [4.78, 5) is 29.1. The van der Waals surface area contributed by atoms with Crippen LogP contribution in [0.15, 0.2) is 24.4 Å². The molecule has 1 aromatic rings. The molecule has 0 unspecified atom stereocenters. The molecule has 1 aliphatic rings. The van der Waals surface area contributed by atoms with Crippen molar-refractivity contribution in [1.82, 2.24) is 15.3 Å². The molecule has 2 heterocycles. The van der Waals surface area contributed by atoms with Crippen LogP contribution in [-0.4, -0.2) is 40.6 Å². The summed E-state index contributed by atoms with van der Waals surface area (Å²) >= 11 is 0. The Balaban J connectivity index is 1.72. The fourth-order valence-electron chi connectivity index (χ4n) is 1.78. The van der Waals surface area contributed by atoms with Gasteiger partial charge < -0.3 is 9.64 Å². The molecule has 1 aromatic heterocycles. The van der Waals surface area contributed by atoms with E-state index in [1.807, 2.05) is 26.8 Å². The van der Waals surface area contributed by atoms with E-state index in [1.165, 1.54) is 4.90 Å². The van der Waals surface area contributed by atoms with Crippen LogP contribution < -0.4 is 10.9 Å². The van der Waals surface area contributed by atoms with Crippen molar-refractivity contribution in [2.45, 2.75) is 26.4 Å². The Labute approximate surface area is 123 Å². The largest absolute Gasteiger partial charge is 0.444 e. The molecule has 2 N–H and O–H groups in total. The van der Waals surface area contributed by atoms with Gasteiger partial charge in [0.25, 0.3) is 0 Å². The monoisotopic (exact) mass is 292 g/mol. The minimum Gasteiger partial charge on any atom is -0.444 e. The van der Waals surface area contributed by atoms with Gasteiger partial charge in [0.2, 0.25) is 5.91 Å². The Kier molecular flexibility index (Phi) is 4.30. The molecule has 114 valence electrons. The molecule has 0 bridgehead atoms. The summed E-state index contributed by atoms with van der Waals surface area (Å²) in [6.07, 6.45) is 1.24. The van der Waals surface area contributed by atoms with Crippen LogP contribution in [-0.2, 0) is 9.53 Å². The zero-order valence-electron chi connectivity index (χ0n) is 12.4. The summed E-state index contributed by atoms with van der Waals surface area (Å²) in [5.74, 6) is 0.170. The van der Waals surface area contributed by atoms with Crippen molar-refractivity contribution in [2.75, 3.05) is 18.5 Å². The molecule has 7 nitrogen and oxygen atoms in total. The molecule has 0 aromatic carbocycles. The summed E-state index contributed by atoms with van der Waals surface area (Å²) in [7, 11) is 0. The molecule has 0 aliphatic carbocycles. The number of pyridine rings is 1. The third-order valence-electron chi connectivity index (χ3n) is 2.88. The molecule has 2 amide bonds. The van der Waals surface area contributed by atoms with E-state index in [0.717, 1.165) is 0 Å². The van der Waals surface area contributed by atoms with Crippen LogP contribution in [0.3, 0.4) is 0 Å². The maximum Gasteiger partial charge on any atom is 0.410 e. The maximum absolute atomic E-state index is 11.9. The van der Waals surface area contributed by atoms with E-state index in [-0.39, 0.29) is 17.9 Å². The lowest BCUT2D eigenvalue weighted by atomic mass is 10.0. The van der Waals surface area contributed by atoms with Gasteiger partial charge in [0.1, 0.15) is 11.4 Å². The van der Waals surface area contributed by atoms with Gasteiger partial charge in [-0.2, -0.15) is 0 Å². The predicted molar refractivity (Wildman–Crippen MR) is 77.3 cm³/mol. The summed E-state index contributed by atoms with van der Waals surface area (Å²) in [5.41, 5.74) is 4.79. The van der Waals surface area contributed by atoms with Crippen molar-refractivity contribution < 1.29 is 14.3 Å². The van der Waals surface area contributed by atoms with E-state index >= 15 is 0 Å². The fraction of sp³-hybridized carbons (Fsp3) is 0.500. The maximum atomic E-state index is 11.9. The average Bonchev–Trinajstić information content (AvgIpc) is 2.33. The lowest BCUT2D eigenvalue weighted by Gasteiger charge is -2.38. The molecule has 1 aliphatic heterocycles. The number of carbonyl (C=O) groups excluding carboxylic acids is 2. The first-order chi connectivity index (χ1) is 9.85. The predicted octanol–water partition coefficient (Wildman–Crippen LogP) is 1.39. The van der Waals surface area contributed by atoms with Gasteiger partial charge in [-0.3, -0.25) is 15.6 Å². The molecule has 0 saturated carbocycles. The number of likely N-dealkylation sites (tertiary alicyclic amines) is 1. The van der Waals surface area contributed by atoms with Crippen molar-refractivity contribution in [3.8, 4) is 0 Å². The number of ether oxygens (including phenoxy) is 1. The summed E-state index contributed by atoms with van der Waals surface area (Å²) in [6, 6.07) is 5.35. The topological polar surface area (TPSA) is 83.6 Å². The molecular weight excluding hydrogens is 272 g/mol. The van der Waals surface area contributed by atoms with Crippen molar-refractivity contribution in [1.29, 1.82) is 0 Å². The molecular formula is C14H20N4O3. The molecule has 1 fully saturated rings. The SMILES string of the molecule is CC(C)(C)OC(=O)N1CC(C(=O)NNc2ccccn2)C1. The van der Waals surface area contributed by atoms with Crippen LogP contribution in [0.5, 0.6) is 0 Å². The smallest absolute Gasteiger partial charge is 0.410 e. The highest BCUT2D eigenvalue weighted by atomic mass is 16.6. The quantitative estimate of drug-likeness (QED) is 0.823. The van der Waals surface area contributed by atoms with E-state index in [9.17, 15) is 9.59 Å². The molecule has 0 atom stereocenters. The zero-order valence-corrected chi connectivity index (χ0v) is 12.4. The minimum atomic E-state index is -0.523. The van der Waals surface area contributed by atoms with Gasteiger partial charge in [0, 0.05) is 19.3 Å². The number of hydrogen-bond donors (Lipinski definition) is 2. The van der Waals surface area contributed by atoms with E-state index < -0.39 is 5.60 Å². The van der Waals surface area contributed by atoms with Crippen LogP contribution in [0.2, 0.25) is 0 Å². The number of anilines is 1. The van der Waals surface area contributed by atoms with Crippen molar-refractivity contribution in [3.63, 3.8) is 0 Å². The number of hydrogen-bond acceptors (Lipinski definition) is 5. The Hall–Kier alpha value is -2.31. The Morgan fingerprint density at radius 2 is 2.05 bits per heavy atom. The number of rotatable bonds is 3. The van der Waals surface area contributed by atoms with Crippen molar-refractivity contribution >= 4 is 17.8 Å². The summed E-state index contributed by atoms with van der Waals surface area (Å²) in [5, 5.41) is 0. The lowest BCUT2D eigenvalue weighted by molar-refractivity contribution is -0.129. The van der Waals surface area contributed by atoms with E-state index in [2.05, 4.69) is 15.8 Å². The number of carbonyl (C=O) groups is 2. The van der Waals surface area contributed by atoms with Crippen LogP contribution >= 0.6 is 0 Å². The number of nitrogens with one attached hydrogen (secondary N) is 2. The van der Waals surface area contributed by atoms with Crippen molar-refractivity contribution in [2.24, 2.45) is 5.92 Å². The highest BCUT2D eigenvalue weighted by Crippen LogP contribution is 2.19. The van der Waals surface area contributed by atoms with Gasteiger partial charge in [-0.05, 0) is 32.9 Å². The number of nitrogens with zero attached hydrogens (tertiary/aromatic N) is 2. The second-order valence-corrected chi connectivity index (χ2v) is 5.91. The van der Waals surface area contributed by atoms with Gasteiger partial charge in [0.05, 0.1) is 5.92 Å². The van der Waals surface area contributed by atoms with E-state index in [4.69, 9.17) is 4.74 Å². The highest BCUT2D eigenvalue weighted by molar-refractivity contribution is 5.83. The second kappa shape index (κ2) is 5.99. The number of amides is 2. The van der Waals surface area contributed by atoms with Gasteiger partial charge in [-0.15, -0.1) is 0 Å². The van der Waals surface area contributed by atoms with Crippen LogP contribution in [0.25, 0.3) is 0 Å². The highest BCUT2D eigenvalue weighted by Gasteiger charge is 2.37. The Bertz CT molecular complexity index is 507. The van der Waals surface area contributed by atoms with Crippen LogP contribution in [0, 0.1) is 5.92 Å². The van der Waals surface area contributed by atoms with Gasteiger partial charge in [-0.25, -0.2) is 9.78 Å². The first kappa shape index (κ1) is 15.1. The average molecular weight is 292 g/mol. The molecule has 7 heteroatoms. The van der Waals surface area contributed by atoms with Gasteiger partial charge in [-0.1, -0.05) is 6.07 Å². The standard InChI is InChI=1S/C14H20N4O3/c1-14(2,3)21-13(20)18-8-10(9-18)12(19)17-16-11-6-4-5-7-15-11/h4-7,10H,8-9H2,1-3H3,(H,15,16)(H,17,19). The third-order valence-corrected chi connectivity index (χ3v) is 2.88. The first-order valence-electron chi connectivity index (χ1n) is 6.80. The minimum absolute atomic E-state index is 0.166. The molecule has 1 saturated heterocycles. The Morgan fingerprint density at radius 1 is 1.33 bits per heavy atom. The first-order valence-corrected chi connectivity index (χ1v) is 6.80. The number of hydrazine groups is 1. The number of aromatic nitrogens is 1. The van der Waals surface area contributed by atoms with E-state index in [1.54, 1.807) is 18.3 Å². The van der Waals surface area contributed by atoms with Crippen molar-refractivity contribution in [3.05, 3.63) is 24.4 Å². The zero-order chi connectivity index (χ0) is 15.5. The van der Waals surface area contributed by atoms with Crippen LogP contribution in [0.1, 0.15) is 20.8 Å². The normalized spacial score (nSPS) is 15.1. The third kappa shape index (κ3) is 4.34. The summed E-state index contributed by atoms with van der Waals surface area (Å²) < 4.78 is 5.23.